The van der Waals surface area contributed by atoms with Crippen molar-refractivity contribution in [3.05, 3.63) is 83.9 Å². The van der Waals surface area contributed by atoms with Gasteiger partial charge >= 0.3 is 0 Å². The van der Waals surface area contributed by atoms with Gasteiger partial charge in [0.25, 0.3) is 0 Å². The van der Waals surface area contributed by atoms with Crippen LogP contribution in [0.5, 0.6) is 0 Å². The van der Waals surface area contributed by atoms with Crippen LogP contribution in [0.1, 0.15) is 11.1 Å². The first-order valence-electron chi connectivity index (χ1n) is 10.4. The molecule has 1 aliphatic rings. The number of fused-ring (bicyclic) bond motifs is 1. The molecule has 0 radical (unpaired) electrons. The number of benzene rings is 3. The molecule has 3 aromatic rings. The number of nitrogens with zero attached hydrogens (tertiary/aromatic N) is 1. The second-order valence-electron chi connectivity index (χ2n) is 7.81. The van der Waals surface area contributed by atoms with Gasteiger partial charge in [-0.15, -0.1) is 0 Å². The van der Waals surface area contributed by atoms with Crippen LogP contribution in [0.3, 0.4) is 0 Å². The van der Waals surface area contributed by atoms with Crippen LogP contribution in [-0.2, 0) is 17.6 Å². The molecule has 2 atom stereocenters. The average molecular weight is 388 g/mol. The largest absolute Gasteiger partial charge is 0.335 e. The minimum absolute atomic E-state index is 0.186. The Morgan fingerprint density at radius 1 is 1.03 bits per heavy atom. The standard InChI is InChI=1S/C25H29N3O/c1-26-24(17-20-11-12-21-9-5-6-10-22(21)15-20)25(29)28-14-13-27-18-23(28)16-19-7-3-2-4-8-19/h2-12,15,23-24,26-27H,13-14,16-18H2,1H3/t23-,24-/m1/s1. The van der Waals surface area contributed by atoms with E-state index >= 15 is 0 Å². The van der Waals surface area contributed by atoms with Crippen LogP contribution >= 0.6 is 0 Å². The molecule has 0 bridgehead atoms. The number of amides is 1. The summed E-state index contributed by atoms with van der Waals surface area (Å²) in [5.74, 6) is 0.197. The zero-order chi connectivity index (χ0) is 20.1. The molecular weight excluding hydrogens is 358 g/mol. The molecule has 1 aliphatic heterocycles. The molecule has 4 nitrogen and oxygen atoms in total. The Hall–Kier alpha value is -2.69. The van der Waals surface area contributed by atoms with Gasteiger partial charge in [0.2, 0.25) is 5.91 Å². The number of nitrogens with one attached hydrogen (secondary N) is 2. The fraction of sp³-hybridized carbons (Fsp3) is 0.320. The quantitative estimate of drug-likeness (QED) is 0.683. The smallest absolute Gasteiger partial charge is 0.240 e. The van der Waals surface area contributed by atoms with E-state index in [4.69, 9.17) is 0 Å². The molecule has 150 valence electrons. The highest BCUT2D eigenvalue weighted by Gasteiger charge is 2.31. The van der Waals surface area contributed by atoms with Crippen molar-refractivity contribution in [3.63, 3.8) is 0 Å². The molecule has 4 rings (SSSR count). The van der Waals surface area contributed by atoms with Crippen LogP contribution in [0.25, 0.3) is 10.8 Å². The van der Waals surface area contributed by atoms with E-state index in [1.165, 1.54) is 21.9 Å². The minimum atomic E-state index is -0.215. The molecule has 1 saturated heterocycles. The molecule has 4 heteroatoms. The van der Waals surface area contributed by atoms with Crippen molar-refractivity contribution < 1.29 is 4.79 Å². The molecule has 1 amide bonds. The van der Waals surface area contributed by atoms with Gasteiger partial charge < -0.3 is 15.5 Å². The van der Waals surface area contributed by atoms with E-state index < -0.39 is 0 Å². The van der Waals surface area contributed by atoms with E-state index in [1.54, 1.807) is 0 Å². The van der Waals surface area contributed by atoms with Crippen LogP contribution in [0.15, 0.2) is 72.8 Å². The fourth-order valence-corrected chi connectivity index (χ4v) is 4.23. The van der Waals surface area contributed by atoms with Gasteiger partial charge in [-0.3, -0.25) is 4.79 Å². The molecule has 0 aromatic heterocycles. The minimum Gasteiger partial charge on any atom is -0.335 e. The van der Waals surface area contributed by atoms with E-state index in [1.807, 2.05) is 13.1 Å². The van der Waals surface area contributed by atoms with Crippen LogP contribution in [0.2, 0.25) is 0 Å². The van der Waals surface area contributed by atoms with Crippen molar-refractivity contribution in [1.82, 2.24) is 15.5 Å². The summed E-state index contributed by atoms with van der Waals surface area (Å²) in [4.78, 5) is 15.5. The van der Waals surface area contributed by atoms with Crippen LogP contribution in [-0.4, -0.2) is 49.6 Å². The van der Waals surface area contributed by atoms with E-state index in [0.29, 0.717) is 6.42 Å². The Bertz CT molecular complexity index is 956. The molecule has 0 saturated carbocycles. The van der Waals surface area contributed by atoms with Gasteiger partial charge in [0.15, 0.2) is 0 Å². The molecule has 2 N–H and O–H groups in total. The number of piperazine rings is 1. The molecule has 29 heavy (non-hydrogen) atoms. The highest BCUT2D eigenvalue weighted by atomic mass is 16.2. The summed E-state index contributed by atoms with van der Waals surface area (Å²) in [6.07, 6.45) is 1.58. The van der Waals surface area contributed by atoms with Gasteiger partial charge in [0, 0.05) is 25.7 Å². The summed E-state index contributed by atoms with van der Waals surface area (Å²) >= 11 is 0. The summed E-state index contributed by atoms with van der Waals surface area (Å²) in [7, 11) is 1.89. The molecule has 3 aromatic carbocycles. The Labute approximate surface area is 172 Å². The van der Waals surface area contributed by atoms with Crippen molar-refractivity contribution in [2.45, 2.75) is 24.9 Å². The molecule has 1 heterocycles. The Kier molecular flexibility index (Phi) is 6.23. The van der Waals surface area contributed by atoms with Gasteiger partial charge in [-0.1, -0.05) is 72.8 Å². The predicted octanol–water partition coefficient (Wildman–Crippen LogP) is 3.01. The third-order valence-corrected chi connectivity index (χ3v) is 5.85. The summed E-state index contributed by atoms with van der Waals surface area (Å²) < 4.78 is 0. The monoisotopic (exact) mass is 387 g/mol. The highest BCUT2D eigenvalue weighted by Crippen LogP contribution is 2.18. The first-order valence-corrected chi connectivity index (χ1v) is 10.4. The summed E-state index contributed by atoms with van der Waals surface area (Å²) in [5.41, 5.74) is 2.46. The molecule has 0 unspecified atom stereocenters. The van der Waals surface area contributed by atoms with Gasteiger partial charge in [0.1, 0.15) is 0 Å². The predicted molar refractivity (Wildman–Crippen MR) is 119 cm³/mol. The normalized spacial score (nSPS) is 18.0. The van der Waals surface area contributed by atoms with Gasteiger partial charge in [-0.25, -0.2) is 0 Å². The van der Waals surface area contributed by atoms with E-state index in [9.17, 15) is 4.79 Å². The van der Waals surface area contributed by atoms with Crippen LogP contribution in [0.4, 0.5) is 0 Å². The topological polar surface area (TPSA) is 44.4 Å². The lowest BCUT2D eigenvalue weighted by molar-refractivity contribution is -0.136. The maximum Gasteiger partial charge on any atom is 0.240 e. The molecular formula is C25H29N3O. The van der Waals surface area contributed by atoms with Crippen molar-refractivity contribution in [2.24, 2.45) is 0 Å². The summed E-state index contributed by atoms with van der Waals surface area (Å²) in [6.45, 7) is 2.45. The molecule has 1 fully saturated rings. The Morgan fingerprint density at radius 2 is 1.79 bits per heavy atom. The zero-order valence-corrected chi connectivity index (χ0v) is 17.0. The van der Waals surface area contributed by atoms with Gasteiger partial charge in [0.05, 0.1) is 6.04 Å². The maximum absolute atomic E-state index is 13.4. The van der Waals surface area contributed by atoms with E-state index in [0.717, 1.165) is 26.1 Å². The lowest BCUT2D eigenvalue weighted by atomic mass is 9.98. The zero-order valence-electron chi connectivity index (χ0n) is 17.0. The van der Waals surface area contributed by atoms with Crippen LogP contribution in [0, 0.1) is 0 Å². The first kappa shape index (κ1) is 19.6. The maximum atomic E-state index is 13.4. The van der Waals surface area contributed by atoms with Crippen molar-refractivity contribution in [1.29, 1.82) is 0 Å². The van der Waals surface area contributed by atoms with Crippen molar-refractivity contribution in [3.8, 4) is 0 Å². The second-order valence-corrected chi connectivity index (χ2v) is 7.81. The van der Waals surface area contributed by atoms with Crippen molar-refractivity contribution >= 4 is 16.7 Å². The number of carbonyl (C=O) groups is 1. The van der Waals surface area contributed by atoms with Gasteiger partial charge in [-0.05, 0) is 41.8 Å². The fourth-order valence-electron chi connectivity index (χ4n) is 4.23. The van der Waals surface area contributed by atoms with E-state index in [2.05, 4.69) is 82.3 Å². The van der Waals surface area contributed by atoms with E-state index in [-0.39, 0.29) is 18.0 Å². The number of hydrogen-bond acceptors (Lipinski definition) is 3. The molecule has 0 aliphatic carbocycles. The SMILES string of the molecule is CN[C@H](Cc1ccc2ccccc2c1)C(=O)N1CCNC[C@H]1Cc1ccccc1. The lowest BCUT2D eigenvalue weighted by Crippen LogP contribution is -2.58. The van der Waals surface area contributed by atoms with Crippen molar-refractivity contribution in [2.75, 3.05) is 26.7 Å². The molecule has 0 spiro atoms. The van der Waals surface area contributed by atoms with Gasteiger partial charge in [-0.2, -0.15) is 0 Å². The Balaban J connectivity index is 1.49. The summed E-state index contributed by atoms with van der Waals surface area (Å²) in [6, 6.07) is 25.3. The number of carbonyl (C=O) groups excluding carboxylic acids is 1. The number of rotatable bonds is 6. The lowest BCUT2D eigenvalue weighted by Gasteiger charge is -2.38. The third-order valence-electron chi connectivity index (χ3n) is 5.85. The number of likely N-dealkylation sites (N-methyl/N-ethyl adjacent to an activating group) is 1. The second kappa shape index (κ2) is 9.21. The number of hydrogen-bond donors (Lipinski definition) is 2. The average Bonchev–Trinajstić information content (AvgIpc) is 2.78. The van der Waals surface area contributed by atoms with Crippen LogP contribution < -0.4 is 10.6 Å². The first-order chi connectivity index (χ1) is 14.2. The summed E-state index contributed by atoms with van der Waals surface area (Å²) in [5, 5.41) is 9.17. The Morgan fingerprint density at radius 3 is 2.59 bits per heavy atom. The third kappa shape index (κ3) is 4.66. The highest BCUT2D eigenvalue weighted by molar-refractivity contribution is 5.85.